The first-order chi connectivity index (χ1) is 10.7. The van der Waals surface area contributed by atoms with E-state index in [9.17, 15) is 14.7 Å². The third-order valence-electron chi connectivity index (χ3n) is 2.95. The normalized spacial score (nSPS) is 12.6. The van der Waals surface area contributed by atoms with E-state index >= 15 is 0 Å². The molecule has 3 N–H and O–H groups in total. The highest BCUT2D eigenvalue weighted by Crippen LogP contribution is 2.22. The van der Waals surface area contributed by atoms with Gasteiger partial charge in [0.05, 0.1) is 0 Å². The molecule has 0 bridgehead atoms. The summed E-state index contributed by atoms with van der Waals surface area (Å²) < 4.78 is 10.6. The van der Waals surface area contributed by atoms with Crippen LogP contribution in [0.15, 0.2) is 24.3 Å². The molecule has 0 saturated carbocycles. The summed E-state index contributed by atoms with van der Waals surface area (Å²) in [6, 6.07) is 6.09. The second kappa shape index (κ2) is 6.81. The summed E-state index contributed by atoms with van der Waals surface area (Å²) in [6.07, 6.45) is -0.100. The van der Waals surface area contributed by atoms with Crippen molar-refractivity contribution in [2.24, 2.45) is 5.73 Å². The zero-order valence-corrected chi connectivity index (χ0v) is 15.2. The molecule has 0 amide bonds. The molecule has 0 radical (unpaired) electrons. The molecule has 0 spiro atoms. The molecule has 1 aromatic rings. The van der Waals surface area contributed by atoms with E-state index in [-0.39, 0.29) is 12.2 Å². The quantitative estimate of drug-likeness (QED) is 0.646. The lowest BCUT2D eigenvalue weighted by Gasteiger charge is -2.32. The Hall–Kier alpha value is -2.08. The van der Waals surface area contributed by atoms with Crippen molar-refractivity contribution in [1.29, 1.82) is 0 Å². The molecule has 0 atom stereocenters. The molecule has 1 aromatic carbocycles. The maximum Gasteiger partial charge on any atom is 0.338 e. The third kappa shape index (κ3) is 5.85. The van der Waals surface area contributed by atoms with Crippen LogP contribution in [0.3, 0.4) is 0 Å². The number of carbonyl (C=O) groups is 2. The number of benzene rings is 1. The summed E-state index contributed by atoms with van der Waals surface area (Å²) in [7, 11) is 0. The standard InChI is InChI=1S/C18H27NO5/c1-16(2,3)23-14(21)18(19,15(22)24-17(4,5)6)11-12-7-9-13(20)10-8-12/h7-10,20H,11,19H2,1-6H3. The third-order valence-corrected chi connectivity index (χ3v) is 2.95. The molecule has 0 aliphatic carbocycles. The smallest absolute Gasteiger partial charge is 0.338 e. The Morgan fingerprint density at radius 2 is 1.29 bits per heavy atom. The molecule has 0 aliphatic rings. The summed E-state index contributed by atoms with van der Waals surface area (Å²) in [5.41, 5.74) is 3.20. The summed E-state index contributed by atoms with van der Waals surface area (Å²) in [5.74, 6) is -1.62. The van der Waals surface area contributed by atoms with Crippen molar-refractivity contribution in [3.63, 3.8) is 0 Å². The van der Waals surface area contributed by atoms with Crippen molar-refractivity contribution >= 4 is 11.9 Å². The highest BCUT2D eigenvalue weighted by atomic mass is 16.6. The van der Waals surface area contributed by atoms with Gasteiger partial charge in [-0.2, -0.15) is 0 Å². The molecule has 24 heavy (non-hydrogen) atoms. The van der Waals surface area contributed by atoms with Gasteiger partial charge in [0, 0.05) is 6.42 Å². The van der Waals surface area contributed by atoms with Crippen LogP contribution in [0.5, 0.6) is 5.75 Å². The van der Waals surface area contributed by atoms with Crippen molar-refractivity contribution in [3.8, 4) is 5.75 Å². The minimum Gasteiger partial charge on any atom is -0.508 e. The maximum atomic E-state index is 12.6. The van der Waals surface area contributed by atoms with Crippen LogP contribution in [0.25, 0.3) is 0 Å². The lowest BCUT2D eigenvalue weighted by molar-refractivity contribution is -0.176. The van der Waals surface area contributed by atoms with Gasteiger partial charge in [0.15, 0.2) is 0 Å². The summed E-state index contributed by atoms with van der Waals surface area (Å²) in [4.78, 5) is 25.2. The van der Waals surface area contributed by atoms with Crippen LogP contribution in [0.1, 0.15) is 47.1 Å². The van der Waals surface area contributed by atoms with Gasteiger partial charge in [0.25, 0.3) is 0 Å². The lowest BCUT2D eigenvalue weighted by Crippen LogP contribution is -2.60. The number of nitrogens with two attached hydrogens (primary N) is 1. The number of phenolic OH excluding ortho intramolecular Hbond substituents is 1. The van der Waals surface area contributed by atoms with Gasteiger partial charge in [-0.25, -0.2) is 9.59 Å². The van der Waals surface area contributed by atoms with Gasteiger partial charge >= 0.3 is 11.9 Å². The van der Waals surface area contributed by atoms with Gasteiger partial charge in [0.1, 0.15) is 17.0 Å². The van der Waals surface area contributed by atoms with Gasteiger partial charge in [0.2, 0.25) is 5.54 Å². The van der Waals surface area contributed by atoms with Crippen LogP contribution in [0, 0.1) is 0 Å². The minimum absolute atomic E-state index is 0.0795. The fraction of sp³-hybridized carbons (Fsp3) is 0.556. The van der Waals surface area contributed by atoms with Gasteiger partial charge in [-0.3, -0.25) is 0 Å². The van der Waals surface area contributed by atoms with E-state index in [1.165, 1.54) is 12.1 Å². The molecular weight excluding hydrogens is 310 g/mol. The molecule has 1 rings (SSSR count). The number of phenols is 1. The lowest BCUT2D eigenvalue weighted by atomic mass is 9.91. The number of ether oxygens (including phenoxy) is 2. The first-order valence-electron chi connectivity index (χ1n) is 7.77. The van der Waals surface area contributed by atoms with Crippen molar-refractivity contribution in [2.75, 3.05) is 0 Å². The molecule has 0 fully saturated rings. The number of hydrogen-bond acceptors (Lipinski definition) is 6. The number of rotatable bonds is 4. The predicted octanol–water partition coefficient (Wildman–Crippen LogP) is 2.32. The maximum absolute atomic E-state index is 12.6. The van der Waals surface area contributed by atoms with Crippen LogP contribution in [-0.2, 0) is 25.5 Å². The molecule has 0 saturated heterocycles. The van der Waals surface area contributed by atoms with Crippen molar-refractivity contribution in [1.82, 2.24) is 0 Å². The minimum atomic E-state index is -1.97. The highest BCUT2D eigenvalue weighted by molar-refractivity contribution is 6.05. The van der Waals surface area contributed by atoms with E-state index in [2.05, 4.69) is 0 Å². The van der Waals surface area contributed by atoms with E-state index in [4.69, 9.17) is 15.2 Å². The fourth-order valence-corrected chi connectivity index (χ4v) is 1.90. The van der Waals surface area contributed by atoms with Crippen LogP contribution in [-0.4, -0.2) is 33.8 Å². The Labute approximate surface area is 142 Å². The van der Waals surface area contributed by atoms with Crippen LogP contribution in [0.4, 0.5) is 0 Å². The Morgan fingerprint density at radius 1 is 0.917 bits per heavy atom. The van der Waals surface area contributed by atoms with E-state index < -0.39 is 28.7 Å². The molecule has 6 nitrogen and oxygen atoms in total. The first-order valence-corrected chi connectivity index (χ1v) is 7.77. The Bertz CT molecular complexity index is 565. The highest BCUT2D eigenvalue weighted by Gasteiger charge is 2.48. The van der Waals surface area contributed by atoms with Crippen molar-refractivity contribution in [2.45, 2.75) is 64.7 Å². The molecular formula is C18H27NO5. The van der Waals surface area contributed by atoms with Gasteiger partial charge in [-0.05, 0) is 59.2 Å². The fourth-order valence-electron chi connectivity index (χ4n) is 1.90. The number of esters is 2. The van der Waals surface area contributed by atoms with E-state index in [0.717, 1.165) is 0 Å². The van der Waals surface area contributed by atoms with Crippen LogP contribution < -0.4 is 5.73 Å². The monoisotopic (exact) mass is 337 g/mol. The number of carbonyl (C=O) groups excluding carboxylic acids is 2. The number of hydrogen-bond donors (Lipinski definition) is 2. The topological polar surface area (TPSA) is 98.9 Å². The zero-order chi connectivity index (χ0) is 18.8. The predicted molar refractivity (Wildman–Crippen MR) is 90.4 cm³/mol. The molecule has 0 aromatic heterocycles. The molecule has 0 aliphatic heterocycles. The molecule has 0 heterocycles. The van der Waals surface area contributed by atoms with Crippen molar-refractivity contribution in [3.05, 3.63) is 29.8 Å². The first kappa shape index (κ1) is 20.0. The van der Waals surface area contributed by atoms with Gasteiger partial charge in [-0.1, -0.05) is 12.1 Å². The van der Waals surface area contributed by atoms with Crippen molar-refractivity contribution < 1.29 is 24.2 Å². The van der Waals surface area contributed by atoms with Crippen LogP contribution in [0.2, 0.25) is 0 Å². The van der Waals surface area contributed by atoms with E-state index in [0.29, 0.717) is 5.56 Å². The second-order valence-electron chi connectivity index (χ2n) is 7.82. The summed E-state index contributed by atoms with van der Waals surface area (Å²) in [6.45, 7) is 10.2. The summed E-state index contributed by atoms with van der Waals surface area (Å²) in [5, 5.41) is 9.36. The molecule has 6 heteroatoms. The molecule has 134 valence electrons. The largest absolute Gasteiger partial charge is 0.508 e. The van der Waals surface area contributed by atoms with E-state index in [1.807, 2.05) is 0 Å². The van der Waals surface area contributed by atoms with Crippen LogP contribution >= 0.6 is 0 Å². The summed E-state index contributed by atoms with van der Waals surface area (Å²) >= 11 is 0. The second-order valence-corrected chi connectivity index (χ2v) is 7.82. The average Bonchev–Trinajstić information content (AvgIpc) is 2.37. The van der Waals surface area contributed by atoms with Gasteiger partial charge in [-0.15, -0.1) is 0 Å². The SMILES string of the molecule is CC(C)(C)OC(=O)C(N)(Cc1ccc(O)cc1)C(=O)OC(C)(C)C. The average molecular weight is 337 g/mol. The Balaban J connectivity index is 3.16. The van der Waals surface area contributed by atoms with Gasteiger partial charge < -0.3 is 20.3 Å². The number of aromatic hydroxyl groups is 1. The molecule has 0 unspecified atom stereocenters. The Kier molecular flexibility index (Phi) is 5.66. The van der Waals surface area contributed by atoms with E-state index in [1.54, 1.807) is 53.7 Å². The zero-order valence-electron chi connectivity index (χ0n) is 15.2. The Morgan fingerprint density at radius 3 is 1.62 bits per heavy atom.